The van der Waals surface area contributed by atoms with E-state index in [-0.39, 0.29) is 0 Å². The molecule has 2 rings (SSSR count). The molecule has 10 heavy (non-hydrogen) atoms. The normalized spacial score (nSPS) is 30.4. The van der Waals surface area contributed by atoms with E-state index in [0.717, 1.165) is 5.92 Å². The van der Waals surface area contributed by atoms with Gasteiger partial charge in [-0.15, -0.1) is 0 Å². The third kappa shape index (κ3) is 0.962. The van der Waals surface area contributed by atoms with E-state index >= 15 is 0 Å². The minimum atomic E-state index is 0.867. The molecule has 0 fully saturated rings. The summed E-state index contributed by atoms with van der Waals surface area (Å²) in [6.07, 6.45) is 10.7. The summed E-state index contributed by atoms with van der Waals surface area (Å²) in [7, 11) is 0. The van der Waals surface area contributed by atoms with Gasteiger partial charge in [0.15, 0.2) is 0 Å². The number of hydrogen-bond acceptors (Lipinski definition) is 1. The monoisotopic (exact) mass is 135 g/mol. The van der Waals surface area contributed by atoms with Crippen LogP contribution in [0.3, 0.4) is 0 Å². The van der Waals surface area contributed by atoms with Gasteiger partial charge in [-0.05, 0) is 37.0 Å². The van der Waals surface area contributed by atoms with Crippen LogP contribution in [-0.2, 0) is 0 Å². The molecule has 1 heteroatoms. The fraction of sp³-hybridized carbons (Fsp3) is 0.556. The molecule has 1 unspecified atom stereocenters. The van der Waals surface area contributed by atoms with Crippen molar-refractivity contribution in [1.82, 2.24) is 5.32 Å². The van der Waals surface area contributed by atoms with E-state index in [9.17, 15) is 0 Å². The molecule has 1 aliphatic carbocycles. The van der Waals surface area contributed by atoms with Crippen LogP contribution >= 0.6 is 0 Å². The lowest BCUT2D eigenvalue weighted by atomic mass is 9.86. The van der Waals surface area contributed by atoms with Crippen LogP contribution < -0.4 is 5.32 Å². The quantitative estimate of drug-likeness (QED) is 0.534. The molecule has 0 radical (unpaired) electrons. The maximum Gasteiger partial charge on any atom is 0.0147 e. The van der Waals surface area contributed by atoms with E-state index in [1.807, 2.05) is 0 Å². The first-order valence-corrected chi connectivity index (χ1v) is 4.07. The summed E-state index contributed by atoms with van der Waals surface area (Å²) in [5.41, 5.74) is 1.51. The first kappa shape index (κ1) is 6.02. The summed E-state index contributed by atoms with van der Waals surface area (Å²) in [6.45, 7) is 1.17. The molecule has 1 nitrogen and oxygen atoms in total. The zero-order valence-electron chi connectivity index (χ0n) is 6.14. The highest BCUT2D eigenvalue weighted by Gasteiger charge is 2.16. The van der Waals surface area contributed by atoms with Gasteiger partial charge in [0.2, 0.25) is 0 Å². The van der Waals surface area contributed by atoms with Crippen molar-refractivity contribution in [3.63, 3.8) is 0 Å². The highest BCUT2D eigenvalue weighted by Crippen LogP contribution is 2.27. The van der Waals surface area contributed by atoms with Crippen LogP contribution in [0.25, 0.3) is 0 Å². The summed E-state index contributed by atoms with van der Waals surface area (Å²) in [6, 6.07) is 0. The van der Waals surface area contributed by atoms with E-state index in [0.29, 0.717) is 0 Å². The van der Waals surface area contributed by atoms with Crippen molar-refractivity contribution in [2.45, 2.75) is 19.3 Å². The largest absolute Gasteiger partial charge is 0.391 e. The average molecular weight is 135 g/mol. The molecule has 0 saturated heterocycles. The molecular weight excluding hydrogens is 122 g/mol. The van der Waals surface area contributed by atoms with Gasteiger partial charge in [-0.1, -0.05) is 12.2 Å². The molecule has 0 bridgehead atoms. The van der Waals surface area contributed by atoms with E-state index in [1.54, 1.807) is 0 Å². The van der Waals surface area contributed by atoms with Gasteiger partial charge in [-0.3, -0.25) is 0 Å². The van der Waals surface area contributed by atoms with Crippen LogP contribution in [0.1, 0.15) is 19.3 Å². The van der Waals surface area contributed by atoms with Gasteiger partial charge in [-0.25, -0.2) is 0 Å². The topological polar surface area (TPSA) is 12.0 Å². The Kier molecular flexibility index (Phi) is 1.50. The third-order valence-corrected chi connectivity index (χ3v) is 2.37. The molecule has 0 saturated carbocycles. The minimum Gasteiger partial charge on any atom is -0.391 e. The number of hydrogen-bond donors (Lipinski definition) is 1. The van der Waals surface area contributed by atoms with Crippen LogP contribution in [0.5, 0.6) is 0 Å². The molecule has 1 heterocycles. The molecule has 1 N–H and O–H groups in total. The van der Waals surface area contributed by atoms with E-state index in [2.05, 4.69) is 23.7 Å². The summed E-state index contributed by atoms with van der Waals surface area (Å²) in [5, 5.41) is 3.27. The number of nitrogens with one attached hydrogen (secondary N) is 1. The number of rotatable bonds is 0. The van der Waals surface area contributed by atoms with E-state index < -0.39 is 0 Å². The van der Waals surface area contributed by atoms with Crippen molar-refractivity contribution >= 4 is 0 Å². The van der Waals surface area contributed by atoms with Crippen LogP contribution in [0.15, 0.2) is 23.9 Å². The van der Waals surface area contributed by atoms with Crippen molar-refractivity contribution in [2.75, 3.05) is 6.54 Å². The summed E-state index contributed by atoms with van der Waals surface area (Å²) < 4.78 is 0. The van der Waals surface area contributed by atoms with Gasteiger partial charge in [0.05, 0.1) is 0 Å². The summed E-state index contributed by atoms with van der Waals surface area (Å²) in [5.74, 6) is 0.867. The lowest BCUT2D eigenvalue weighted by Crippen LogP contribution is -2.22. The number of fused-ring (bicyclic) bond motifs is 1. The molecule has 0 aromatic rings. The smallest absolute Gasteiger partial charge is 0.0147 e. The first-order valence-electron chi connectivity index (χ1n) is 4.07. The molecule has 0 aromatic heterocycles. The van der Waals surface area contributed by atoms with Crippen LogP contribution in [0.4, 0.5) is 0 Å². The second-order valence-electron chi connectivity index (χ2n) is 3.06. The predicted molar refractivity (Wildman–Crippen MR) is 42.6 cm³/mol. The van der Waals surface area contributed by atoms with Crippen molar-refractivity contribution in [1.29, 1.82) is 0 Å². The van der Waals surface area contributed by atoms with Gasteiger partial charge in [-0.2, -0.15) is 0 Å². The van der Waals surface area contributed by atoms with E-state index in [4.69, 9.17) is 0 Å². The fourth-order valence-electron chi connectivity index (χ4n) is 1.74. The highest BCUT2D eigenvalue weighted by atomic mass is 14.8. The standard InChI is InChI=1S/C9H13N/c1-2-4-9-7-10-6-5-8(9)3-1/h2,4,7-8,10H,1,3,5-6H2. The second-order valence-corrected chi connectivity index (χ2v) is 3.06. The zero-order chi connectivity index (χ0) is 6.81. The Bertz CT molecular complexity index is 179. The van der Waals surface area contributed by atoms with Crippen LogP contribution in [0.2, 0.25) is 0 Å². The van der Waals surface area contributed by atoms with Gasteiger partial charge in [0.25, 0.3) is 0 Å². The molecular formula is C9H13N. The highest BCUT2D eigenvalue weighted by molar-refractivity contribution is 5.25. The third-order valence-electron chi connectivity index (χ3n) is 2.37. The SMILES string of the molecule is C1=CC2=CNCCC2CC1. The first-order chi connectivity index (χ1) is 4.97. The number of allylic oxidation sites excluding steroid dienone is 3. The molecule has 0 aromatic carbocycles. The van der Waals surface area contributed by atoms with Crippen molar-refractivity contribution in [3.8, 4) is 0 Å². The molecule has 54 valence electrons. The Balaban J connectivity index is 2.21. The van der Waals surface area contributed by atoms with Gasteiger partial charge in [0, 0.05) is 6.54 Å². The lowest BCUT2D eigenvalue weighted by Gasteiger charge is -2.25. The Morgan fingerprint density at radius 2 is 2.40 bits per heavy atom. The van der Waals surface area contributed by atoms with E-state index in [1.165, 1.54) is 31.4 Å². The summed E-state index contributed by atoms with van der Waals surface area (Å²) in [4.78, 5) is 0. The Hall–Kier alpha value is -0.720. The fourth-order valence-corrected chi connectivity index (χ4v) is 1.74. The average Bonchev–Trinajstić information content (AvgIpc) is 2.05. The molecule has 0 amide bonds. The Morgan fingerprint density at radius 3 is 3.30 bits per heavy atom. The Morgan fingerprint density at radius 1 is 1.40 bits per heavy atom. The molecule has 2 aliphatic rings. The minimum absolute atomic E-state index is 0.867. The van der Waals surface area contributed by atoms with Crippen LogP contribution in [-0.4, -0.2) is 6.54 Å². The maximum absolute atomic E-state index is 3.27. The van der Waals surface area contributed by atoms with Gasteiger partial charge < -0.3 is 5.32 Å². The van der Waals surface area contributed by atoms with Crippen LogP contribution in [0, 0.1) is 5.92 Å². The Labute approximate surface area is 61.8 Å². The van der Waals surface area contributed by atoms with Gasteiger partial charge >= 0.3 is 0 Å². The van der Waals surface area contributed by atoms with Crippen molar-refractivity contribution in [3.05, 3.63) is 23.9 Å². The second kappa shape index (κ2) is 2.49. The summed E-state index contributed by atoms with van der Waals surface area (Å²) >= 11 is 0. The molecule has 0 spiro atoms. The maximum atomic E-state index is 3.27. The van der Waals surface area contributed by atoms with Crippen molar-refractivity contribution in [2.24, 2.45) is 5.92 Å². The lowest BCUT2D eigenvalue weighted by molar-refractivity contribution is 0.486. The predicted octanol–water partition coefficient (Wildman–Crippen LogP) is 1.83. The molecule has 1 aliphatic heterocycles. The molecule has 1 atom stereocenters. The zero-order valence-corrected chi connectivity index (χ0v) is 6.14. The van der Waals surface area contributed by atoms with Crippen molar-refractivity contribution < 1.29 is 0 Å². The van der Waals surface area contributed by atoms with Gasteiger partial charge in [0.1, 0.15) is 0 Å².